The minimum Gasteiger partial charge on any atom is -0.272 e. The number of amides is 6. The molecule has 0 spiro atoms. The highest BCUT2D eigenvalue weighted by Gasteiger charge is 2.61. The standard InChI is InChI=1S/C26H19FN2O5/c1-2-26(18-13-7-4-8-14-18)23(32)28(21(30)17-11-5-3-6-12-17)25(34)29(24(26)33)22(31)19-15-9-10-16-20(19)27/h3-16H,2H2,1H3. The van der Waals surface area contributed by atoms with Crippen LogP contribution < -0.4 is 0 Å². The Morgan fingerprint density at radius 2 is 1.24 bits per heavy atom. The first-order chi connectivity index (χ1) is 16.3. The van der Waals surface area contributed by atoms with Gasteiger partial charge in [-0.1, -0.05) is 67.6 Å². The number of carbonyl (C=O) groups is 5. The van der Waals surface area contributed by atoms with E-state index in [-0.39, 0.29) is 22.4 Å². The molecule has 1 aliphatic rings. The van der Waals surface area contributed by atoms with E-state index in [2.05, 4.69) is 0 Å². The second-order valence-electron chi connectivity index (χ2n) is 7.64. The predicted molar refractivity (Wildman–Crippen MR) is 119 cm³/mol. The maximum atomic E-state index is 14.4. The highest BCUT2D eigenvalue weighted by molar-refractivity contribution is 6.35. The SMILES string of the molecule is CCC1(c2ccccc2)C(=O)N(C(=O)c2ccccc2)C(=O)N(C(=O)c2ccccc2F)C1=O. The smallest absolute Gasteiger partial charge is 0.272 e. The quantitative estimate of drug-likeness (QED) is 0.436. The van der Waals surface area contributed by atoms with Crippen molar-refractivity contribution in [3.8, 4) is 0 Å². The van der Waals surface area contributed by atoms with Crippen molar-refractivity contribution in [1.82, 2.24) is 9.80 Å². The Morgan fingerprint density at radius 3 is 1.79 bits per heavy atom. The molecule has 1 aliphatic heterocycles. The Kier molecular flexibility index (Phi) is 5.89. The highest BCUT2D eigenvalue weighted by atomic mass is 19.1. The molecule has 6 amide bonds. The molecule has 3 aromatic rings. The molecule has 0 aliphatic carbocycles. The fraction of sp³-hybridized carbons (Fsp3) is 0.115. The van der Waals surface area contributed by atoms with Gasteiger partial charge in [0.15, 0.2) is 5.41 Å². The summed E-state index contributed by atoms with van der Waals surface area (Å²) in [5, 5.41) is 0. The van der Waals surface area contributed by atoms with E-state index in [1.54, 1.807) is 36.4 Å². The molecule has 0 N–H and O–H groups in total. The summed E-state index contributed by atoms with van der Waals surface area (Å²) >= 11 is 0. The molecule has 34 heavy (non-hydrogen) atoms. The summed E-state index contributed by atoms with van der Waals surface area (Å²) in [5.74, 6) is -5.42. The van der Waals surface area contributed by atoms with Gasteiger partial charge in [0.2, 0.25) is 0 Å². The van der Waals surface area contributed by atoms with Crippen LogP contribution in [-0.4, -0.2) is 39.5 Å². The van der Waals surface area contributed by atoms with E-state index in [9.17, 15) is 28.4 Å². The molecule has 1 heterocycles. The van der Waals surface area contributed by atoms with Gasteiger partial charge in [-0.15, -0.1) is 0 Å². The number of benzene rings is 3. The topological polar surface area (TPSA) is 91.8 Å². The lowest BCUT2D eigenvalue weighted by molar-refractivity contribution is -0.148. The maximum absolute atomic E-state index is 14.4. The van der Waals surface area contributed by atoms with Gasteiger partial charge in [0, 0.05) is 5.56 Å². The largest absolute Gasteiger partial charge is 0.347 e. The van der Waals surface area contributed by atoms with Gasteiger partial charge < -0.3 is 0 Å². The van der Waals surface area contributed by atoms with Crippen molar-refractivity contribution in [1.29, 1.82) is 0 Å². The number of urea groups is 1. The molecule has 7 nitrogen and oxygen atoms in total. The van der Waals surface area contributed by atoms with E-state index in [0.717, 1.165) is 12.1 Å². The summed E-state index contributed by atoms with van der Waals surface area (Å²) in [6.07, 6.45) is -0.151. The Balaban J connectivity index is 1.93. The third kappa shape index (κ3) is 3.40. The van der Waals surface area contributed by atoms with E-state index in [1.807, 2.05) is 0 Å². The molecule has 4 rings (SSSR count). The van der Waals surface area contributed by atoms with Crippen LogP contribution in [0.25, 0.3) is 0 Å². The first-order valence-corrected chi connectivity index (χ1v) is 10.5. The summed E-state index contributed by atoms with van der Waals surface area (Å²) in [4.78, 5) is 67.9. The number of hydrogen-bond donors (Lipinski definition) is 0. The van der Waals surface area contributed by atoms with E-state index in [4.69, 9.17) is 0 Å². The molecule has 1 unspecified atom stereocenters. The molecule has 0 bridgehead atoms. The fourth-order valence-corrected chi connectivity index (χ4v) is 4.05. The maximum Gasteiger partial charge on any atom is 0.347 e. The molecule has 170 valence electrons. The van der Waals surface area contributed by atoms with Gasteiger partial charge in [0.25, 0.3) is 23.6 Å². The van der Waals surface area contributed by atoms with Gasteiger partial charge in [-0.3, -0.25) is 19.2 Å². The van der Waals surface area contributed by atoms with Crippen LogP contribution in [0.15, 0.2) is 84.9 Å². The normalized spacial score (nSPS) is 18.2. The third-order valence-electron chi connectivity index (χ3n) is 5.85. The summed E-state index contributed by atoms with van der Waals surface area (Å²) in [5.41, 5.74) is -2.36. The van der Waals surface area contributed by atoms with Crippen molar-refractivity contribution in [3.05, 3.63) is 107 Å². The van der Waals surface area contributed by atoms with Crippen LogP contribution >= 0.6 is 0 Å². The number of halogens is 1. The summed E-state index contributed by atoms with van der Waals surface area (Å²) in [6, 6.07) is 18.8. The van der Waals surface area contributed by atoms with Crippen LogP contribution in [-0.2, 0) is 15.0 Å². The van der Waals surface area contributed by atoms with Gasteiger partial charge in [-0.25, -0.2) is 9.18 Å². The third-order valence-corrected chi connectivity index (χ3v) is 5.85. The summed E-state index contributed by atoms with van der Waals surface area (Å²) in [6.45, 7) is 1.54. The number of nitrogens with zero attached hydrogens (tertiary/aromatic N) is 2. The second kappa shape index (κ2) is 8.82. The molecule has 0 radical (unpaired) electrons. The molecular formula is C26H19FN2O5. The minimum atomic E-state index is -2.04. The zero-order chi connectivity index (χ0) is 24.5. The highest BCUT2D eigenvalue weighted by Crippen LogP contribution is 2.38. The predicted octanol–water partition coefficient (Wildman–Crippen LogP) is 3.95. The van der Waals surface area contributed by atoms with Crippen LogP contribution in [0.4, 0.5) is 9.18 Å². The Hall–Kier alpha value is -4.46. The lowest BCUT2D eigenvalue weighted by atomic mass is 9.74. The molecule has 0 saturated carbocycles. The van der Waals surface area contributed by atoms with Gasteiger partial charge in [-0.05, 0) is 36.2 Å². The van der Waals surface area contributed by atoms with Gasteiger partial charge >= 0.3 is 6.03 Å². The first kappa shape index (κ1) is 22.7. The Labute approximate surface area is 194 Å². The van der Waals surface area contributed by atoms with Crippen molar-refractivity contribution in [2.24, 2.45) is 0 Å². The van der Waals surface area contributed by atoms with Gasteiger partial charge in [-0.2, -0.15) is 9.80 Å². The molecular weight excluding hydrogens is 439 g/mol. The van der Waals surface area contributed by atoms with Crippen molar-refractivity contribution in [2.45, 2.75) is 18.8 Å². The average Bonchev–Trinajstić information content (AvgIpc) is 2.86. The van der Waals surface area contributed by atoms with E-state index < -0.39 is 46.5 Å². The minimum absolute atomic E-state index is 0.00917. The van der Waals surface area contributed by atoms with Crippen LogP contribution in [0.3, 0.4) is 0 Å². The summed E-state index contributed by atoms with van der Waals surface area (Å²) in [7, 11) is 0. The van der Waals surface area contributed by atoms with Crippen molar-refractivity contribution in [3.63, 3.8) is 0 Å². The number of barbiturate groups is 1. The first-order valence-electron chi connectivity index (χ1n) is 10.5. The number of imide groups is 6. The second-order valence-corrected chi connectivity index (χ2v) is 7.64. The van der Waals surface area contributed by atoms with Crippen LogP contribution in [0.2, 0.25) is 0 Å². The van der Waals surface area contributed by atoms with E-state index >= 15 is 0 Å². The fourth-order valence-electron chi connectivity index (χ4n) is 4.05. The van der Waals surface area contributed by atoms with Gasteiger partial charge in [0.05, 0.1) is 5.56 Å². The van der Waals surface area contributed by atoms with Gasteiger partial charge in [0.1, 0.15) is 5.82 Å². The van der Waals surface area contributed by atoms with Crippen LogP contribution in [0.5, 0.6) is 0 Å². The summed E-state index contributed by atoms with van der Waals surface area (Å²) < 4.78 is 14.4. The lowest BCUT2D eigenvalue weighted by Gasteiger charge is -2.42. The van der Waals surface area contributed by atoms with Crippen LogP contribution in [0, 0.1) is 5.82 Å². The number of rotatable bonds is 4. The van der Waals surface area contributed by atoms with Crippen LogP contribution in [0.1, 0.15) is 39.6 Å². The molecule has 8 heteroatoms. The molecule has 1 fully saturated rings. The monoisotopic (exact) mass is 458 g/mol. The molecule has 0 aromatic heterocycles. The average molecular weight is 458 g/mol. The Morgan fingerprint density at radius 1 is 0.735 bits per heavy atom. The zero-order valence-corrected chi connectivity index (χ0v) is 18.1. The number of hydrogen-bond acceptors (Lipinski definition) is 5. The number of carbonyl (C=O) groups excluding carboxylic acids is 5. The molecule has 1 atom stereocenters. The zero-order valence-electron chi connectivity index (χ0n) is 18.1. The van der Waals surface area contributed by atoms with Crippen molar-refractivity contribution in [2.75, 3.05) is 0 Å². The molecule has 1 saturated heterocycles. The van der Waals surface area contributed by atoms with E-state index in [1.165, 1.54) is 43.3 Å². The van der Waals surface area contributed by atoms with Crippen molar-refractivity contribution >= 4 is 29.7 Å². The lowest BCUT2D eigenvalue weighted by Crippen LogP contribution is -2.69. The molecule has 3 aromatic carbocycles. The Bertz CT molecular complexity index is 1310. The van der Waals surface area contributed by atoms with Crippen molar-refractivity contribution < 1.29 is 28.4 Å². The van der Waals surface area contributed by atoms with E-state index in [0.29, 0.717) is 4.90 Å².